The fourth-order valence-electron chi connectivity index (χ4n) is 3.08. The van der Waals surface area contributed by atoms with Gasteiger partial charge in [0.25, 0.3) is 0 Å². The summed E-state index contributed by atoms with van der Waals surface area (Å²) in [5, 5.41) is 0. The van der Waals surface area contributed by atoms with Gasteiger partial charge in [0, 0.05) is 6.04 Å². The monoisotopic (exact) mass is 246 g/mol. The van der Waals surface area contributed by atoms with Crippen LogP contribution in [-0.2, 0) is 6.42 Å². The van der Waals surface area contributed by atoms with Gasteiger partial charge < -0.3 is 0 Å². The molecular formula is C16H26N2. The number of hydrazine groups is 1. The van der Waals surface area contributed by atoms with E-state index in [1.54, 1.807) is 0 Å². The summed E-state index contributed by atoms with van der Waals surface area (Å²) in [6, 6.07) is 9.25. The molecule has 100 valence electrons. The van der Waals surface area contributed by atoms with E-state index in [1.165, 1.54) is 36.8 Å². The molecule has 2 rings (SSSR count). The molecule has 18 heavy (non-hydrogen) atoms. The van der Waals surface area contributed by atoms with E-state index in [0.29, 0.717) is 12.0 Å². The molecule has 0 heterocycles. The number of hydrogen-bond acceptors (Lipinski definition) is 2. The van der Waals surface area contributed by atoms with Gasteiger partial charge in [0.15, 0.2) is 0 Å². The van der Waals surface area contributed by atoms with Crippen LogP contribution in [0.15, 0.2) is 24.3 Å². The van der Waals surface area contributed by atoms with Crippen LogP contribution in [0.3, 0.4) is 0 Å². The highest BCUT2D eigenvalue weighted by Gasteiger charge is 2.26. The smallest absolute Gasteiger partial charge is 0.0488 e. The molecule has 1 aromatic carbocycles. The second-order valence-corrected chi connectivity index (χ2v) is 5.76. The minimum Gasteiger partial charge on any atom is -0.271 e. The van der Waals surface area contributed by atoms with Gasteiger partial charge in [0.2, 0.25) is 0 Å². The largest absolute Gasteiger partial charge is 0.271 e. The summed E-state index contributed by atoms with van der Waals surface area (Å²) in [7, 11) is 0. The van der Waals surface area contributed by atoms with Crippen LogP contribution in [0.4, 0.5) is 0 Å². The molecule has 1 aliphatic carbocycles. The Morgan fingerprint density at radius 2 is 1.78 bits per heavy atom. The summed E-state index contributed by atoms with van der Waals surface area (Å²) < 4.78 is 0. The first-order valence-corrected chi connectivity index (χ1v) is 7.29. The van der Waals surface area contributed by atoms with E-state index in [2.05, 4.69) is 43.5 Å². The highest BCUT2D eigenvalue weighted by atomic mass is 15.2. The molecule has 1 fully saturated rings. The summed E-state index contributed by atoms with van der Waals surface area (Å²) in [5.74, 6) is 7.37. The number of benzene rings is 1. The summed E-state index contributed by atoms with van der Waals surface area (Å²) in [5.41, 5.74) is 5.78. The highest BCUT2D eigenvalue weighted by Crippen LogP contribution is 2.36. The first-order valence-electron chi connectivity index (χ1n) is 7.29. The molecule has 2 nitrogen and oxygen atoms in total. The van der Waals surface area contributed by atoms with Crippen LogP contribution in [0.2, 0.25) is 0 Å². The molecule has 1 aliphatic rings. The lowest BCUT2D eigenvalue weighted by atomic mass is 9.77. The molecule has 1 unspecified atom stereocenters. The van der Waals surface area contributed by atoms with Gasteiger partial charge in [-0.3, -0.25) is 11.3 Å². The summed E-state index contributed by atoms with van der Waals surface area (Å²) in [6.45, 7) is 4.55. The van der Waals surface area contributed by atoms with Crippen LogP contribution >= 0.6 is 0 Å². The van der Waals surface area contributed by atoms with Gasteiger partial charge in [-0.05, 0) is 42.2 Å². The maximum absolute atomic E-state index is 5.79. The van der Waals surface area contributed by atoms with Crippen LogP contribution in [0.1, 0.15) is 56.7 Å². The van der Waals surface area contributed by atoms with E-state index in [4.69, 9.17) is 5.84 Å². The summed E-state index contributed by atoms with van der Waals surface area (Å²) in [6.07, 6.45) is 6.38. The molecule has 3 N–H and O–H groups in total. The Hall–Kier alpha value is -0.860. The molecule has 0 aromatic heterocycles. The Balaban J connectivity index is 2.07. The predicted octanol–water partition coefficient (Wildman–Crippen LogP) is 3.58. The third kappa shape index (κ3) is 3.12. The van der Waals surface area contributed by atoms with Gasteiger partial charge in [-0.15, -0.1) is 0 Å². The van der Waals surface area contributed by atoms with E-state index in [1.807, 2.05) is 0 Å². The zero-order chi connectivity index (χ0) is 13.0. The Bertz CT molecular complexity index is 350. The van der Waals surface area contributed by atoms with E-state index in [0.717, 1.165) is 12.3 Å². The maximum Gasteiger partial charge on any atom is 0.0488 e. The molecule has 0 amide bonds. The van der Waals surface area contributed by atoms with Crippen molar-refractivity contribution in [3.63, 3.8) is 0 Å². The second kappa shape index (κ2) is 6.35. The van der Waals surface area contributed by atoms with Crippen molar-refractivity contribution in [3.8, 4) is 0 Å². The normalized spacial score (nSPS) is 25.9. The minimum atomic E-state index is 0.323. The zero-order valence-electron chi connectivity index (χ0n) is 11.7. The Morgan fingerprint density at radius 3 is 2.28 bits per heavy atom. The summed E-state index contributed by atoms with van der Waals surface area (Å²) >= 11 is 0. The van der Waals surface area contributed by atoms with Crippen molar-refractivity contribution in [2.45, 2.75) is 52.0 Å². The second-order valence-electron chi connectivity index (χ2n) is 5.76. The number of hydrogen-bond donors (Lipinski definition) is 2. The molecule has 0 radical (unpaired) electrons. The lowest BCUT2D eigenvalue weighted by Gasteiger charge is -2.32. The summed E-state index contributed by atoms with van der Waals surface area (Å²) in [4.78, 5) is 0. The van der Waals surface area contributed by atoms with Crippen molar-refractivity contribution in [2.24, 2.45) is 17.7 Å². The van der Waals surface area contributed by atoms with E-state index in [9.17, 15) is 0 Å². The lowest BCUT2D eigenvalue weighted by molar-refractivity contribution is 0.232. The van der Waals surface area contributed by atoms with Gasteiger partial charge in [-0.1, -0.05) is 51.0 Å². The van der Waals surface area contributed by atoms with Gasteiger partial charge in [0.1, 0.15) is 0 Å². The average Bonchev–Trinajstić information content (AvgIpc) is 2.42. The van der Waals surface area contributed by atoms with E-state index >= 15 is 0 Å². The van der Waals surface area contributed by atoms with Gasteiger partial charge >= 0.3 is 0 Å². The predicted molar refractivity (Wildman–Crippen MR) is 77.0 cm³/mol. The molecule has 1 atom stereocenters. The van der Waals surface area contributed by atoms with Crippen molar-refractivity contribution in [1.82, 2.24) is 5.43 Å². The third-order valence-electron chi connectivity index (χ3n) is 4.46. The molecule has 0 bridgehead atoms. The number of nitrogens with one attached hydrogen (secondary N) is 1. The quantitative estimate of drug-likeness (QED) is 0.629. The van der Waals surface area contributed by atoms with E-state index in [-0.39, 0.29) is 0 Å². The number of aryl methyl sites for hydroxylation is 1. The Morgan fingerprint density at radius 1 is 1.17 bits per heavy atom. The molecule has 1 saturated carbocycles. The number of nitrogens with two attached hydrogens (primary N) is 1. The fourth-order valence-corrected chi connectivity index (χ4v) is 3.08. The molecule has 1 aromatic rings. The standard InChI is InChI=1S/C16H26N2/c1-3-13-6-10-15(11-7-13)16(18-17)14-8-4-12(2)5-9-14/h6-7,10-12,14,16,18H,3-5,8-9,17H2,1-2H3. The van der Waals surface area contributed by atoms with Crippen molar-refractivity contribution >= 4 is 0 Å². The van der Waals surface area contributed by atoms with Crippen molar-refractivity contribution in [3.05, 3.63) is 35.4 Å². The minimum absolute atomic E-state index is 0.323. The fraction of sp³-hybridized carbons (Fsp3) is 0.625. The maximum atomic E-state index is 5.79. The van der Waals surface area contributed by atoms with Crippen LogP contribution in [0.5, 0.6) is 0 Å². The van der Waals surface area contributed by atoms with Crippen LogP contribution in [0.25, 0.3) is 0 Å². The molecule has 0 saturated heterocycles. The Labute approximate surface area is 111 Å². The van der Waals surface area contributed by atoms with Gasteiger partial charge in [-0.2, -0.15) is 0 Å². The number of rotatable bonds is 4. The van der Waals surface area contributed by atoms with Gasteiger partial charge in [-0.25, -0.2) is 0 Å². The van der Waals surface area contributed by atoms with Crippen molar-refractivity contribution < 1.29 is 0 Å². The topological polar surface area (TPSA) is 38.0 Å². The molecule has 0 spiro atoms. The van der Waals surface area contributed by atoms with E-state index < -0.39 is 0 Å². The highest BCUT2D eigenvalue weighted by molar-refractivity contribution is 5.25. The molecular weight excluding hydrogens is 220 g/mol. The van der Waals surface area contributed by atoms with Crippen molar-refractivity contribution in [2.75, 3.05) is 0 Å². The molecule has 0 aliphatic heterocycles. The third-order valence-corrected chi connectivity index (χ3v) is 4.46. The molecule has 2 heteroatoms. The zero-order valence-corrected chi connectivity index (χ0v) is 11.7. The lowest BCUT2D eigenvalue weighted by Crippen LogP contribution is -2.35. The van der Waals surface area contributed by atoms with Crippen LogP contribution < -0.4 is 11.3 Å². The first kappa shape index (κ1) is 13.6. The van der Waals surface area contributed by atoms with Crippen LogP contribution in [0, 0.1) is 11.8 Å². The SMILES string of the molecule is CCc1ccc(C(NN)C2CCC(C)CC2)cc1. The Kier molecular flexibility index (Phi) is 4.79. The average molecular weight is 246 g/mol. The van der Waals surface area contributed by atoms with Gasteiger partial charge in [0.05, 0.1) is 0 Å². The first-order chi connectivity index (χ1) is 8.74. The van der Waals surface area contributed by atoms with Crippen molar-refractivity contribution in [1.29, 1.82) is 0 Å². The van der Waals surface area contributed by atoms with Crippen LogP contribution in [-0.4, -0.2) is 0 Å².